The van der Waals surface area contributed by atoms with E-state index in [0.29, 0.717) is 48.0 Å². The second-order valence-corrected chi connectivity index (χ2v) is 5.31. The average molecular weight is 344 g/mol. The van der Waals surface area contributed by atoms with Crippen molar-refractivity contribution in [1.82, 2.24) is 10.7 Å². The van der Waals surface area contributed by atoms with Crippen LogP contribution in [0.2, 0.25) is 5.02 Å². The van der Waals surface area contributed by atoms with Gasteiger partial charge in [0.15, 0.2) is 16.6 Å². The number of nitrogens with one attached hydrogen (secondary N) is 2. The van der Waals surface area contributed by atoms with E-state index >= 15 is 0 Å². The van der Waals surface area contributed by atoms with E-state index in [-0.39, 0.29) is 0 Å². The molecule has 0 bridgehead atoms. The topological polar surface area (TPSA) is 64.1 Å². The first-order valence-electron chi connectivity index (χ1n) is 6.85. The van der Waals surface area contributed by atoms with Gasteiger partial charge in [0.2, 0.25) is 0 Å². The van der Waals surface area contributed by atoms with Crippen molar-refractivity contribution < 1.29 is 14.2 Å². The third-order valence-electron chi connectivity index (χ3n) is 2.80. The monoisotopic (exact) mass is 343 g/mol. The smallest absolute Gasteiger partial charge is 0.187 e. The van der Waals surface area contributed by atoms with Crippen LogP contribution in [0.3, 0.4) is 0 Å². The van der Waals surface area contributed by atoms with Crippen LogP contribution in [0, 0.1) is 0 Å². The lowest BCUT2D eigenvalue weighted by Crippen LogP contribution is -2.34. The van der Waals surface area contributed by atoms with E-state index in [1.807, 2.05) is 6.07 Å². The second-order valence-electron chi connectivity index (χ2n) is 4.50. The zero-order valence-electron chi connectivity index (χ0n) is 12.2. The van der Waals surface area contributed by atoms with Crippen LogP contribution < -0.4 is 20.2 Å². The fraction of sp³-hybridized carbons (Fsp3) is 0.429. The van der Waals surface area contributed by atoms with E-state index in [0.717, 1.165) is 12.0 Å². The van der Waals surface area contributed by atoms with Crippen LogP contribution in [-0.4, -0.2) is 44.8 Å². The van der Waals surface area contributed by atoms with Crippen LogP contribution in [0.15, 0.2) is 17.2 Å². The Kier molecular flexibility index (Phi) is 6.70. The fourth-order valence-electron chi connectivity index (χ4n) is 1.80. The molecule has 1 aliphatic rings. The summed E-state index contributed by atoms with van der Waals surface area (Å²) in [6.07, 6.45) is 2.45. The summed E-state index contributed by atoms with van der Waals surface area (Å²) in [5, 5.41) is 7.94. The standard InChI is InChI=1S/C14H18ClN3O3S/c1-19-6-3-16-14(22)18-17-9-10-7-11(15)13-12(8-10)20-4-2-5-21-13/h7-9H,2-6H2,1H3,(H2,16,18,22)/b17-9-. The second kappa shape index (κ2) is 8.77. The molecule has 0 fully saturated rings. The van der Waals surface area contributed by atoms with Crippen molar-refractivity contribution >= 4 is 35.1 Å². The van der Waals surface area contributed by atoms with Gasteiger partial charge in [-0.05, 0) is 29.9 Å². The molecule has 8 heteroatoms. The predicted octanol–water partition coefficient (Wildman–Crippen LogP) is 1.95. The van der Waals surface area contributed by atoms with E-state index in [2.05, 4.69) is 15.8 Å². The first-order chi connectivity index (χ1) is 10.7. The zero-order chi connectivity index (χ0) is 15.8. The minimum atomic E-state index is 0.425. The summed E-state index contributed by atoms with van der Waals surface area (Å²) < 4.78 is 16.1. The van der Waals surface area contributed by atoms with E-state index in [9.17, 15) is 0 Å². The summed E-state index contributed by atoms with van der Waals surface area (Å²) in [6, 6.07) is 3.60. The van der Waals surface area contributed by atoms with Gasteiger partial charge in [0.1, 0.15) is 0 Å². The molecule has 0 atom stereocenters. The Labute approximate surface area is 139 Å². The van der Waals surface area contributed by atoms with Gasteiger partial charge in [-0.15, -0.1) is 0 Å². The Morgan fingerprint density at radius 2 is 2.27 bits per heavy atom. The maximum absolute atomic E-state index is 6.21. The number of hydrogen-bond donors (Lipinski definition) is 2. The van der Waals surface area contributed by atoms with Gasteiger partial charge < -0.3 is 19.5 Å². The highest BCUT2D eigenvalue weighted by atomic mass is 35.5. The first-order valence-corrected chi connectivity index (χ1v) is 7.64. The minimum absolute atomic E-state index is 0.425. The SMILES string of the molecule is COCCNC(=S)N/N=C\c1cc(Cl)c2c(c1)OCCCO2. The number of rotatable bonds is 5. The summed E-state index contributed by atoms with van der Waals surface area (Å²) in [5.41, 5.74) is 3.51. The Morgan fingerprint density at radius 1 is 1.45 bits per heavy atom. The van der Waals surface area contributed by atoms with E-state index in [1.165, 1.54) is 0 Å². The molecule has 1 heterocycles. The van der Waals surface area contributed by atoms with Crippen molar-refractivity contribution in [1.29, 1.82) is 0 Å². The molecule has 2 N–H and O–H groups in total. The molecule has 0 amide bonds. The van der Waals surface area contributed by atoms with Crippen LogP contribution in [-0.2, 0) is 4.74 Å². The van der Waals surface area contributed by atoms with Gasteiger partial charge in [-0.1, -0.05) is 11.6 Å². The van der Waals surface area contributed by atoms with Gasteiger partial charge in [0.25, 0.3) is 0 Å². The number of benzene rings is 1. The Balaban J connectivity index is 1.95. The zero-order valence-corrected chi connectivity index (χ0v) is 13.8. The van der Waals surface area contributed by atoms with Crippen LogP contribution >= 0.6 is 23.8 Å². The van der Waals surface area contributed by atoms with Crippen molar-refractivity contribution in [3.8, 4) is 11.5 Å². The number of nitrogens with zero attached hydrogens (tertiary/aromatic N) is 1. The highest BCUT2D eigenvalue weighted by Crippen LogP contribution is 2.37. The molecule has 0 spiro atoms. The van der Waals surface area contributed by atoms with Crippen molar-refractivity contribution in [2.24, 2.45) is 5.10 Å². The molecular weight excluding hydrogens is 326 g/mol. The molecule has 0 saturated heterocycles. The van der Waals surface area contributed by atoms with Gasteiger partial charge in [-0.2, -0.15) is 5.10 Å². The lowest BCUT2D eigenvalue weighted by Gasteiger charge is -2.10. The van der Waals surface area contributed by atoms with Crippen molar-refractivity contribution in [2.45, 2.75) is 6.42 Å². The number of halogens is 1. The molecule has 1 aliphatic heterocycles. The third-order valence-corrected chi connectivity index (χ3v) is 3.31. The van der Waals surface area contributed by atoms with E-state index in [1.54, 1.807) is 19.4 Å². The quantitative estimate of drug-likeness (QED) is 0.369. The van der Waals surface area contributed by atoms with Crippen molar-refractivity contribution in [3.05, 3.63) is 22.7 Å². The lowest BCUT2D eigenvalue weighted by atomic mass is 10.2. The summed E-state index contributed by atoms with van der Waals surface area (Å²) >= 11 is 11.3. The van der Waals surface area contributed by atoms with E-state index < -0.39 is 0 Å². The normalized spacial score (nSPS) is 13.7. The molecule has 22 heavy (non-hydrogen) atoms. The van der Waals surface area contributed by atoms with Crippen LogP contribution in [0.5, 0.6) is 11.5 Å². The van der Waals surface area contributed by atoms with Crippen LogP contribution in [0.1, 0.15) is 12.0 Å². The molecular formula is C14H18ClN3O3S. The summed E-state index contributed by atoms with van der Waals surface area (Å²) in [6.45, 7) is 2.40. The molecule has 0 unspecified atom stereocenters. The highest BCUT2D eigenvalue weighted by molar-refractivity contribution is 7.80. The predicted molar refractivity (Wildman–Crippen MR) is 90.3 cm³/mol. The Hall–Kier alpha value is -1.57. The lowest BCUT2D eigenvalue weighted by molar-refractivity contribution is 0.204. The number of hydrogen-bond acceptors (Lipinski definition) is 5. The maximum Gasteiger partial charge on any atom is 0.187 e. The molecule has 0 aliphatic carbocycles. The molecule has 0 saturated carbocycles. The maximum atomic E-state index is 6.21. The molecule has 6 nitrogen and oxygen atoms in total. The van der Waals surface area contributed by atoms with Gasteiger partial charge in [0.05, 0.1) is 31.1 Å². The number of methoxy groups -OCH3 is 1. The summed E-state index contributed by atoms with van der Waals surface area (Å²) in [4.78, 5) is 0. The average Bonchev–Trinajstić information content (AvgIpc) is 2.73. The van der Waals surface area contributed by atoms with Crippen LogP contribution in [0.4, 0.5) is 0 Å². The van der Waals surface area contributed by atoms with Gasteiger partial charge in [-0.25, -0.2) is 0 Å². The molecule has 1 aromatic carbocycles. The van der Waals surface area contributed by atoms with E-state index in [4.69, 9.17) is 38.0 Å². The molecule has 0 radical (unpaired) electrons. The van der Waals surface area contributed by atoms with Crippen LogP contribution in [0.25, 0.3) is 0 Å². The van der Waals surface area contributed by atoms with Gasteiger partial charge in [0, 0.05) is 20.1 Å². The number of ether oxygens (including phenoxy) is 3. The summed E-state index contributed by atoms with van der Waals surface area (Å²) in [5.74, 6) is 1.22. The first kappa shape index (κ1) is 16.8. The highest BCUT2D eigenvalue weighted by Gasteiger charge is 2.14. The minimum Gasteiger partial charge on any atom is -0.489 e. The molecule has 1 aromatic rings. The fourth-order valence-corrected chi connectivity index (χ4v) is 2.23. The number of hydrazone groups is 1. The third kappa shape index (κ3) is 5.01. The summed E-state index contributed by atoms with van der Waals surface area (Å²) in [7, 11) is 1.63. The van der Waals surface area contributed by atoms with Gasteiger partial charge >= 0.3 is 0 Å². The Bertz CT molecular complexity index is 554. The molecule has 0 aromatic heterocycles. The Morgan fingerprint density at radius 3 is 3.09 bits per heavy atom. The molecule has 120 valence electrons. The molecule has 2 rings (SSSR count). The van der Waals surface area contributed by atoms with Gasteiger partial charge in [-0.3, -0.25) is 5.43 Å². The largest absolute Gasteiger partial charge is 0.489 e. The number of thiocarbonyl (C=S) groups is 1. The number of fused-ring (bicyclic) bond motifs is 1. The van der Waals surface area contributed by atoms with Crippen molar-refractivity contribution in [2.75, 3.05) is 33.5 Å². The van der Waals surface area contributed by atoms with Crippen molar-refractivity contribution in [3.63, 3.8) is 0 Å².